The molecule has 0 radical (unpaired) electrons. The lowest BCUT2D eigenvalue weighted by Gasteiger charge is -2.08. The molecule has 0 saturated heterocycles. The van der Waals surface area contributed by atoms with Crippen molar-refractivity contribution in [2.75, 3.05) is 20.3 Å². The van der Waals surface area contributed by atoms with Gasteiger partial charge in [0.25, 0.3) is 5.56 Å². The van der Waals surface area contributed by atoms with Crippen LogP contribution < -0.4 is 10.3 Å². The standard InChI is InChI=1S/C18H19ClN2O4S/c1-21-18(23)15-16(25-7-6-22)14(9-11-4-3-5-12(19)8-11)26-17(15)13(20-21)10-24-2/h3-5,8,22H,6-7,9-10H2,1-2H3. The Hall–Kier alpha value is -1.93. The largest absolute Gasteiger partial charge is 0.489 e. The summed E-state index contributed by atoms with van der Waals surface area (Å²) in [7, 11) is 3.19. The zero-order valence-electron chi connectivity index (χ0n) is 14.5. The number of aliphatic hydroxyl groups excluding tert-OH is 1. The fourth-order valence-electron chi connectivity index (χ4n) is 2.77. The number of aryl methyl sites for hydroxylation is 1. The monoisotopic (exact) mass is 394 g/mol. The summed E-state index contributed by atoms with van der Waals surface area (Å²) in [5, 5.41) is 14.6. The number of fused-ring (bicyclic) bond motifs is 1. The van der Waals surface area contributed by atoms with Crippen molar-refractivity contribution in [3.63, 3.8) is 0 Å². The lowest BCUT2D eigenvalue weighted by molar-refractivity contribution is 0.181. The van der Waals surface area contributed by atoms with Crippen LogP contribution in [0.25, 0.3) is 10.1 Å². The molecule has 0 aliphatic rings. The van der Waals surface area contributed by atoms with Crippen LogP contribution in [0.4, 0.5) is 0 Å². The first-order chi connectivity index (χ1) is 12.5. The van der Waals surface area contributed by atoms with Crippen LogP contribution in [-0.2, 0) is 24.8 Å². The molecule has 138 valence electrons. The number of aliphatic hydroxyl groups is 1. The first kappa shape index (κ1) is 18.8. The van der Waals surface area contributed by atoms with Crippen molar-refractivity contribution in [1.29, 1.82) is 0 Å². The van der Waals surface area contributed by atoms with E-state index in [0.29, 0.717) is 34.9 Å². The smallest absolute Gasteiger partial charge is 0.279 e. The van der Waals surface area contributed by atoms with Crippen LogP contribution in [0, 0.1) is 0 Å². The molecule has 0 bridgehead atoms. The molecule has 2 aromatic heterocycles. The lowest BCUT2D eigenvalue weighted by Crippen LogP contribution is -2.21. The number of rotatable bonds is 7. The van der Waals surface area contributed by atoms with Crippen LogP contribution in [-0.4, -0.2) is 35.2 Å². The van der Waals surface area contributed by atoms with E-state index in [2.05, 4.69) is 5.10 Å². The van der Waals surface area contributed by atoms with Gasteiger partial charge < -0.3 is 14.6 Å². The summed E-state index contributed by atoms with van der Waals surface area (Å²) in [5.74, 6) is 0.499. The van der Waals surface area contributed by atoms with E-state index < -0.39 is 0 Å². The van der Waals surface area contributed by atoms with Crippen molar-refractivity contribution in [1.82, 2.24) is 9.78 Å². The highest BCUT2D eigenvalue weighted by Crippen LogP contribution is 2.38. The maximum atomic E-state index is 12.7. The summed E-state index contributed by atoms with van der Waals surface area (Å²) in [4.78, 5) is 13.6. The highest BCUT2D eigenvalue weighted by molar-refractivity contribution is 7.19. The number of nitrogens with zero attached hydrogens (tertiary/aromatic N) is 2. The molecule has 6 nitrogen and oxygen atoms in total. The summed E-state index contributed by atoms with van der Waals surface area (Å²) in [6.07, 6.45) is 0.566. The van der Waals surface area contributed by atoms with E-state index in [1.807, 2.05) is 24.3 Å². The Kier molecular flexibility index (Phi) is 5.93. The Morgan fingerprint density at radius 3 is 2.88 bits per heavy atom. The fourth-order valence-corrected chi connectivity index (χ4v) is 4.23. The van der Waals surface area contributed by atoms with Crippen LogP contribution in [0.1, 0.15) is 16.1 Å². The van der Waals surface area contributed by atoms with Gasteiger partial charge in [-0.25, -0.2) is 4.68 Å². The number of benzene rings is 1. The predicted molar refractivity (Wildman–Crippen MR) is 102 cm³/mol. The van der Waals surface area contributed by atoms with Crippen LogP contribution in [0.5, 0.6) is 5.75 Å². The third kappa shape index (κ3) is 3.76. The second kappa shape index (κ2) is 8.18. The van der Waals surface area contributed by atoms with Crippen LogP contribution in [0.3, 0.4) is 0 Å². The Morgan fingerprint density at radius 2 is 2.19 bits per heavy atom. The first-order valence-corrected chi connectivity index (χ1v) is 9.23. The minimum atomic E-state index is -0.235. The molecule has 3 rings (SSSR count). The number of thiophene rings is 1. The maximum Gasteiger partial charge on any atom is 0.279 e. The molecular formula is C18H19ClN2O4S. The zero-order chi connectivity index (χ0) is 18.7. The molecule has 0 unspecified atom stereocenters. The van der Waals surface area contributed by atoms with Gasteiger partial charge in [0.15, 0.2) is 0 Å². The second-order valence-electron chi connectivity index (χ2n) is 5.75. The average molecular weight is 395 g/mol. The van der Waals surface area contributed by atoms with E-state index in [1.165, 1.54) is 16.0 Å². The van der Waals surface area contributed by atoms with Gasteiger partial charge in [0.1, 0.15) is 23.4 Å². The normalized spacial score (nSPS) is 11.2. The Bertz CT molecular complexity index is 983. The highest BCUT2D eigenvalue weighted by Gasteiger charge is 2.21. The molecule has 26 heavy (non-hydrogen) atoms. The Morgan fingerprint density at radius 1 is 1.38 bits per heavy atom. The lowest BCUT2D eigenvalue weighted by atomic mass is 10.1. The molecule has 0 fully saturated rings. The van der Waals surface area contributed by atoms with Gasteiger partial charge >= 0.3 is 0 Å². The summed E-state index contributed by atoms with van der Waals surface area (Å²) in [5.41, 5.74) is 1.46. The molecule has 0 aliphatic heterocycles. The molecule has 0 atom stereocenters. The quantitative estimate of drug-likeness (QED) is 0.667. The minimum absolute atomic E-state index is 0.111. The molecule has 3 aromatic rings. The number of aromatic nitrogens is 2. The molecule has 0 aliphatic carbocycles. The van der Waals surface area contributed by atoms with Gasteiger partial charge in [-0.1, -0.05) is 23.7 Å². The molecular weight excluding hydrogens is 376 g/mol. The van der Waals surface area contributed by atoms with Crippen molar-refractivity contribution in [2.24, 2.45) is 7.05 Å². The van der Waals surface area contributed by atoms with Crippen molar-refractivity contribution in [3.05, 3.63) is 55.8 Å². The van der Waals surface area contributed by atoms with Gasteiger partial charge in [0, 0.05) is 25.6 Å². The average Bonchev–Trinajstić information content (AvgIpc) is 2.96. The summed E-state index contributed by atoms with van der Waals surface area (Å²) in [6.45, 7) is 0.269. The number of hydrogen-bond acceptors (Lipinski definition) is 6. The molecule has 0 amide bonds. The van der Waals surface area contributed by atoms with Crippen LogP contribution in [0.2, 0.25) is 5.02 Å². The topological polar surface area (TPSA) is 73.6 Å². The van der Waals surface area contributed by atoms with Crippen molar-refractivity contribution >= 4 is 33.0 Å². The van der Waals surface area contributed by atoms with Crippen molar-refractivity contribution in [2.45, 2.75) is 13.0 Å². The summed E-state index contributed by atoms with van der Waals surface area (Å²) >= 11 is 7.54. The molecule has 0 spiro atoms. The maximum absolute atomic E-state index is 12.7. The number of methoxy groups -OCH3 is 1. The minimum Gasteiger partial charge on any atom is -0.489 e. The van der Waals surface area contributed by atoms with Gasteiger partial charge in [0.2, 0.25) is 0 Å². The van der Waals surface area contributed by atoms with E-state index in [9.17, 15) is 4.79 Å². The first-order valence-electron chi connectivity index (χ1n) is 8.03. The third-order valence-electron chi connectivity index (χ3n) is 3.85. The van der Waals surface area contributed by atoms with Crippen molar-refractivity contribution in [3.8, 4) is 5.75 Å². The number of halogens is 1. The van der Waals surface area contributed by atoms with E-state index in [1.54, 1.807) is 14.2 Å². The predicted octanol–water partition coefficient (Wildman–Crippen LogP) is 2.76. The number of hydrogen-bond donors (Lipinski definition) is 1. The van der Waals surface area contributed by atoms with Gasteiger partial charge in [-0.15, -0.1) is 11.3 Å². The van der Waals surface area contributed by atoms with E-state index >= 15 is 0 Å². The van der Waals surface area contributed by atoms with E-state index in [0.717, 1.165) is 15.1 Å². The molecule has 1 aromatic carbocycles. The molecule has 0 saturated carbocycles. The van der Waals surface area contributed by atoms with Gasteiger partial charge in [-0.05, 0) is 17.7 Å². The van der Waals surface area contributed by atoms with Gasteiger partial charge in [0.05, 0.1) is 22.8 Å². The van der Waals surface area contributed by atoms with Gasteiger partial charge in [-0.2, -0.15) is 5.10 Å². The molecule has 1 N–H and O–H groups in total. The number of ether oxygens (including phenoxy) is 2. The summed E-state index contributed by atoms with van der Waals surface area (Å²) in [6, 6.07) is 7.55. The van der Waals surface area contributed by atoms with Crippen molar-refractivity contribution < 1.29 is 14.6 Å². The Labute approximate surface area is 159 Å². The zero-order valence-corrected chi connectivity index (χ0v) is 16.1. The van der Waals surface area contributed by atoms with Gasteiger partial charge in [-0.3, -0.25) is 4.79 Å². The summed E-state index contributed by atoms with van der Waals surface area (Å²) < 4.78 is 13.0. The second-order valence-corrected chi connectivity index (χ2v) is 7.29. The third-order valence-corrected chi connectivity index (χ3v) is 5.30. The fraction of sp³-hybridized carbons (Fsp3) is 0.333. The van der Waals surface area contributed by atoms with Crippen LogP contribution in [0.15, 0.2) is 29.1 Å². The molecule has 8 heteroatoms. The van der Waals surface area contributed by atoms with E-state index in [4.69, 9.17) is 26.2 Å². The van der Waals surface area contributed by atoms with E-state index in [-0.39, 0.29) is 18.8 Å². The SMILES string of the molecule is COCc1nn(C)c(=O)c2c(OCCO)c(Cc3cccc(Cl)c3)sc12. The highest BCUT2D eigenvalue weighted by atomic mass is 35.5. The Balaban J connectivity index is 2.19. The van der Waals surface area contributed by atoms with Crippen LogP contribution >= 0.6 is 22.9 Å². The molecule has 2 heterocycles.